The standard InChI is InChI=1S/C7H7BO/c1-5-3-2-4-6(9)7(5)8/h2-4,9H,1H3. The van der Waals surface area contributed by atoms with Crippen LogP contribution in [-0.2, 0) is 0 Å². The highest BCUT2D eigenvalue weighted by molar-refractivity contribution is 6.35. The third kappa shape index (κ3) is 1.07. The highest BCUT2D eigenvalue weighted by Crippen LogP contribution is 2.04. The summed E-state index contributed by atoms with van der Waals surface area (Å²) in [6.45, 7) is 1.86. The maximum absolute atomic E-state index is 8.98. The second-order valence-corrected chi connectivity index (χ2v) is 2.01. The number of hydrogen-bond donors (Lipinski definition) is 1. The lowest BCUT2D eigenvalue weighted by atomic mass is 9.90. The summed E-state index contributed by atoms with van der Waals surface area (Å²) in [4.78, 5) is 0. The summed E-state index contributed by atoms with van der Waals surface area (Å²) in [7, 11) is 5.43. The molecule has 1 aromatic carbocycles. The first-order valence-electron chi connectivity index (χ1n) is 2.76. The van der Waals surface area contributed by atoms with Gasteiger partial charge < -0.3 is 5.11 Å². The largest absolute Gasteiger partial charge is 0.509 e. The number of phenolic OH excluding ortho intramolecular Hbond substituents is 1. The molecule has 0 bridgehead atoms. The number of aryl methyl sites for hydroxylation is 1. The van der Waals surface area contributed by atoms with Crippen LogP contribution in [-0.4, -0.2) is 13.0 Å². The van der Waals surface area contributed by atoms with Crippen LogP contribution in [0.1, 0.15) is 5.56 Å². The smallest absolute Gasteiger partial charge is 0.119 e. The fourth-order valence-electron chi connectivity index (χ4n) is 0.665. The van der Waals surface area contributed by atoms with Gasteiger partial charge in [0.05, 0.1) is 0 Å². The molecule has 1 nitrogen and oxygen atoms in total. The number of phenols is 1. The van der Waals surface area contributed by atoms with E-state index in [2.05, 4.69) is 0 Å². The van der Waals surface area contributed by atoms with E-state index in [4.69, 9.17) is 13.0 Å². The van der Waals surface area contributed by atoms with Crippen molar-refractivity contribution < 1.29 is 5.11 Å². The van der Waals surface area contributed by atoms with Crippen LogP contribution >= 0.6 is 0 Å². The summed E-state index contributed by atoms with van der Waals surface area (Å²) in [5, 5.41) is 8.98. The van der Waals surface area contributed by atoms with Crippen molar-refractivity contribution in [3.05, 3.63) is 23.8 Å². The molecule has 0 amide bonds. The van der Waals surface area contributed by atoms with E-state index in [1.54, 1.807) is 12.1 Å². The third-order valence-electron chi connectivity index (χ3n) is 1.30. The zero-order valence-corrected chi connectivity index (χ0v) is 5.26. The molecule has 1 aromatic rings. The molecule has 1 rings (SSSR count). The molecule has 0 spiro atoms. The molecule has 0 aliphatic heterocycles. The summed E-state index contributed by atoms with van der Waals surface area (Å²) in [5.41, 5.74) is 1.38. The highest BCUT2D eigenvalue weighted by atomic mass is 16.3. The Morgan fingerprint density at radius 1 is 1.44 bits per heavy atom. The molecule has 1 N–H and O–H groups in total. The van der Waals surface area contributed by atoms with E-state index in [1.807, 2.05) is 13.0 Å². The van der Waals surface area contributed by atoms with Gasteiger partial charge >= 0.3 is 0 Å². The van der Waals surface area contributed by atoms with Gasteiger partial charge in [-0.15, -0.1) is 0 Å². The predicted octanol–water partition coefficient (Wildman–Crippen LogP) is 0.494. The van der Waals surface area contributed by atoms with Gasteiger partial charge in [0.1, 0.15) is 13.6 Å². The van der Waals surface area contributed by atoms with Gasteiger partial charge in [0.2, 0.25) is 0 Å². The maximum Gasteiger partial charge on any atom is 0.119 e. The molecule has 2 radical (unpaired) electrons. The Morgan fingerprint density at radius 2 is 2.11 bits per heavy atom. The predicted molar refractivity (Wildman–Crippen MR) is 38.2 cm³/mol. The van der Waals surface area contributed by atoms with Crippen LogP contribution in [0, 0.1) is 6.92 Å². The molecule has 44 valence electrons. The molecule has 0 fully saturated rings. The van der Waals surface area contributed by atoms with Crippen molar-refractivity contribution in [2.45, 2.75) is 6.92 Å². The first-order chi connectivity index (χ1) is 4.22. The Morgan fingerprint density at radius 3 is 2.56 bits per heavy atom. The minimum atomic E-state index is 0.162. The summed E-state index contributed by atoms with van der Waals surface area (Å²) in [5.74, 6) is 0.162. The molecule has 0 heterocycles. The van der Waals surface area contributed by atoms with Crippen LogP contribution in [0.5, 0.6) is 5.75 Å². The average Bonchev–Trinajstić information content (AvgIpc) is 1.83. The van der Waals surface area contributed by atoms with Gasteiger partial charge in [-0.25, -0.2) is 0 Å². The van der Waals surface area contributed by atoms with Crippen molar-refractivity contribution in [3.63, 3.8) is 0 Å². The van der Waals surface area contributed by atoms with Gasteiger partial charge in [0.25, 0.3) is 0 Å². The van der Waals surface area contributed by atoms with Crippen molar-refractivity contribution in [3.8, 4) is 5.75 Å². The van der Waals surface area contributed by atoms with Crippen LogP contribution in [0.15, 0.2) is 18.2 Å². The first-order valence-corrected chi connectivity index (χ1v) is 2.76. The van der Waals surface area contributed by atoms with Crippen molar-refractivity contribution in [2.75, 3.05) is 0 Å². The first kappa shape index (κ1) is 6.21. The summed E-state index contributed by atoms with van der Waals surface area (Å²) < 4.78 is 0. The van der Waals surface area contributed by atoms with E-state index in [-0.39, 0.29) is 5.75 Å². The number of aromatic hydroxyl groups is 1. The van der Waals surface area contributed by atoms with Crippen molar-refractivity contribution in [2.24, 2.45) is 0 Å². The molecule has 0 aliphatic carbocycles. The van der Waals surface area contributed by atoms with Gasteiger partial charge in [-0.3, -0.25) is 0 Å². The molecule has 0 saturated heterocycles. The molecule has 0 aromatic heterocycles. The van der Waals surface area contributed by atoms with E-state index in [0.717, 1.165) is 5.56 Å². The fraction of sp³-hybridized carbons (Fsp3) is 0.143. The lowest BCUT2D eigenvalue weighted by Gasteiger charge is -2.00. The van der Waals surface area contributed by atoms with Gasteiger partial charge in [-0.05, 0) is 13.0 Å². The lowest BCUT2D eigenvalue weighted by Crippen LogP contribution is -2.06. The molecule has 9 heavy (non-hydrogen) atoms. The van der Waals surface area contributed by atoms with E-state index < -0.39 is 0 Å². The maximum atomic E-state index is 8.98. The van der Waals surface area contributed by atoms with Crippen LogP contribution in [0.4, 0.5) is 0 Å². The third-order valence-corrected chi connectivity index (χ3v) is 1.30. The molecular weight excluding hydrogens is 111 g/mol. The summed E-state index contributed by atoms with van der Waals surface area (Å²) in [6.07, 6.45) is 0. The molecule has 0 unspecified atom stereocenters. The Balaban J connectivity index is 3.25. The quantitative estimate of drug-likeness (QED) is 0.491. The zero-order chi connectivity index (χ0) is 6.85. The van der Waals surface area contributed by atoms with Crippen molar-refractivity contribution in [1.29, 1.82) is 0 Å². The van der Waals surface area contributed by atoms with Crippen LogP contribution in [0.2, 0.25) is 0 Å². The fourth-order valence-corrected chi connectivity index (χ4v) is 0.665. The summed E-state index contributed by atoms with van der Waals surface area (Å²) in [6, 6.07) is 5.19. The Kier molecular flexibility index (Phi) is 1.47. The van der Waals surface area contributed by atoms with Gasteiger partial charge in [0, 0.05) is 0 Å². The SMILES string of the molecule is [B]c1c(C)cccc1O. The Labute approximate surface area is 55.7 Å². The molecular formula is C7H7BO. The van der Waals surface area contributed by atoms with Crippen molar-refractivity contribution in [1.82, 2.24) is 0 Å². The van der Waals surface area contributed by atoms with Crippen LogP contribution < -0.4 is 5.46 Å². The van der Waals surface area contributed by atoms with Crippen molar-refractivity contribution >= 4 is 13.3 Å². The monoisotopic (exact) mass is 118 g/mol. The Hall–Kier alpha value is -0.915. The number of rotatable bonds is 0. The minimum absolute atomic E-state index is 0.162. The molecule has 0 atom stereocenters. The highest BCUT2D eigenvalue weighted by Gasteiger charge is 1.94. The molecule has 0 saturated carbocycles. The second kappa shape index (κ2) is 2.13. The van der Waals surface area contributed by atoms with Gasteiger partial charge in [0.15, 0.2) is 0 Å². The Bertz CT molecular complexity index is 200. The van der Waals surface area contributed by atoms with Crippen LogP contribution in [0.3, 0.4) is 0 Å². The molecule has 2 heteroatoms. The molecule has 0 aliphatic rings. The van der Waals surface area contributed by atoms with E-state index in [1.165, 1.54) is 0 Å². The number of hydrogen-bond acceptors (Lipinski definition) is 1. The van der Waals surface area contributed by atoms with E-state index in [9.17, 15) is 0 Å². The normalized spacial score (nSPS) is 9.44. The lowest BCUT2D eigenvalue weighted by molar-refractivity contribution is 0.479. The van der Waals surface area contributed by atoms with Gasteiger partial charge in [-0.1, -0.05) is 23.2 Å². The minimum Gasteiger partial charge on any atom is -0.509 e. The van der Waals surface area contributed by atoms with Gasteiger partial charge in [-0.2, -0.15) is 0 Å². The second-order valence-electron chi connectivity index (χ2n) is 2.01. The summed E-state index contributed by atoms with van der Waals surface area (Å²) >= 11 is 0. The average molecular weight is 118 g/mol. The zero-order valence-electron chi connectivity index (χ0n) is 5.26. The van der Waals surface area contributed by atoms with Crippen LogP contribution in [0.25, 0.3) is 0 Å². The van der Waals surface area contributed by atoms with E-state index in [0.29, 0.717) is 5.46 Å². The van der Waals surface area contributed by atoms with E-state index >= 15 is 0 Å². The number of benzene rings is 1. The topological polar surface area (TPSA) is 20.2 Å².